The third-order valence-corrected chi connectivity index (χ3v) is 5.32. The molecule has 0 bridgehead atoms. The van der Waals surface area contributed by atoms with Crippen molar-refractivity contribution in [3.05, 3.63) is 20.8 Å². The smallest absolute Gasteiger partial charge is 0.308 e. The molecule has 1 aromatic rings. The van der Waals surface area contributed by atoms with Crippen LogP contribution >= 0.6 is 27.3 Å². The largest absolute Gasteiger partial charge is 0.481 e. The van der Waals surface area contributed by atoms with Crippen molar-refractivity contribution >= 4 is 33.2 Å². The van der Waals surface area contributed by atoms with Gasteiger partial charge < -0.3 is 5.11 Å². The maximum atomic E-state index is 11.3. The van der Waals surface area contributed by atoms with Crippen molar-refractivity contribution in [1.82, 2.24) is 4.90 Å². The van der Waals surface area contributed by atoms with Crippen LogP contribution < -0.4 is 0 Å². The number of hydrogen-bond donors (Lipinski definition) is 1. The van der Waals surface area contributed by atoms with Crippen molar-refractivity contribution in [3.8, 4) is 0 Å². The minimum absolute atomic E-state index is 0.178. The predicted octanol–water partition coefficient (Wildman–Crippen LogP) is 3.59. The van der Waals surface area contributed by atoms with E-state index in [-0.39, 0.29) is 12.0 Å². The fourth-order valence-corrected chi connectivity index (χ4v) is 4.24. The molecule has 0 saturated heterocycles. The summed E-state index contributed by atoms with van der Waals surface area (Å²) in [6, 6.07) is 2.29. The molecule has 0 amide bonds. The average Bonchev–Trinajstić information content (AvgIpc) is 2.74. The second kappa shape index (κ2) is 6.17. The summed E-state index contributed by atoms with van der Waals surface area (Å²) in [6.45, 7) is 0.838. The van der Waals surface area contributed by atoms with Gasteiger partial charge in [-0.25, -0.2) is 0 Å². The van der Waals surface area contributed by atoms with Gasteiger partial charge in [-0.15, -0.1) is 11.3 Å². The Hall–Kier alpha value is -0.390. The van der Waals surface area contributed by atoms with Gasteiger partial charge in [-0.1, -0.05) is 12.8 Å². The van der Waals surface area contributed by atoms with Crippen molar-refractivity contribution in [3.63, 3.8) is 0 Å². The lowest BCUT2D eigenvalue weighted by Gasteiger charge is -2.35. The first-order chi connectivity index (χ1) is 8.58. The standard InChI is InChI=1S/C13H18BrNO2S/c1-15(7-10-6-9(14)8-18-10)12-5-3-2-4-11(12)13(16)17/h6,8,11-12H,2-5,7H2,1H3,(H,16,17). The van der Waals surface area contributed by atoms with Crippen LogP contribution in [-0.2, 0) is 11.3 Å². The highest BCUT2D eigenvalue weighted by Crippen LogP contribution is 2.30. The zero-order valence-corrected chi connectivity index (χ0v) is 12.8. The van der Waals surface area contributed by atoms with Crippen LogP contribution in [0.2, 0.25) is 0 Å². The Morgan fingerprint density at radius 3 is 2.89 bits per heavy atom. The molecule has 1 N–H and O–H groups in total. The fraction of sp³-hybridized carbons (Fsp3) is 0.615. The molecule has 1 aliphatic rings. The monoisotopic (exact) mass is 331 g/mol. The van der Waals surface area contributed by atoms with Crippen molar-refractivity contribution in [1.29, 1.82) is 0 Å². The summed E-state index contributed by atoms with van der Waals surface area (Å²) in [5, 5.41) is 11.4. The highest BCUT2D eigenvalue weighted by atomic mass is 79.9. The maximum Gasteiger partial charge on any atom is 0.308 e. The molecule has 0 radical (unpaired) electrons. The lowest BCUT2D eigenvalue weighted by Crippen LogP contribution is -2.42. The van der Waals surface area contributed by atoms with Crippen LogP contribution in [0.5, 0.6) is 0 Å². The summed E-state index contributed by atoms with van der Waals surface area (Å²) in [5.41, 5.74) is 0. The van der Waals surface area contributed by atoms with E-state index in [9.17, 15) is 9.90 Å². The van der Waals surface area contributed by atoms with Crippen molar-refractivity contribution in [2.45, 2.75) is 38.3 Å². The number of carbonyl (C=O) groups is 1. The summed E-state index contributed by atoms with van der Waals surface area (Å²) in [6.07, 6.45) is 4.01. The SMILES string of the molecule is CN(Cc1cc(Br)cs1)C1CCCCC1C(=O)O. The fourth-order valence-electron chi connectivity index (χ4n) is 2.73. The van der Waals surface area contributed by atoms with Crippen LogP contribution in [0.3, 0.4) is 0 Å². The van der Waals surface area contributed by atoms with Gasteiger partial charge in [0.05, 0.1) is 5.92 Å². The van der Waals surface area contributed by atoms with Gasteiger partial charge in [0.2, 0.25) is 0 Å². The first kappa shape index (κ1) is 14.0. The molecule has 100 valence electrons. The van der Waals surface area contributed by atoms with Gasteiger partial charge in [0.15, 0.2) is 0 Å². The van der Waals surface area contributed by atoms with Crippen molar-refractivity contribution in [2.24, 2.45) is 5.92 Å². The Kier molecular flexibility index (Phi) is 4.81. The molecule has 3 nitrogen and oxygen atoms in total. The quantitative estimate of drug-likeness (QED) is 0.916. The molecule has 1 saturated carbocycles. The van der Waals surface area contributed by atoms with E-state index in [0.717, 1.165) is 36.7 Å². The Bertz CT molecular complexity index is 421. The van der Waals surface area contributed by atoms with E-state index in [1.165, 1.54) is 4.88 Å². The van der Waals surface area contributed by atoms with Crippen LogP contribution in [0.15, 0.2) is 15.9 Å². The van der Waals surface area contributed by atoms with Crippen molar-refractivity contribution in [2.75, 3.05) is 7.05 Å². The number of thiophene rings is 1. The third kappa shape index (κ3) is 3.33. The Labute approximate surface area is 120 Å². The second-order valence-corrected chi connectivity index (χ2v) is 6.85. The van der Waals surface area contributed by atoms with E-state index >= 15 is 0 Å². The number of carboxylic acid groups (broad SMARTS) is 1. The zero-order valence-electron chi connectivity index (χ0n) is 10.4. The molecule has 0 spiro atoms. The topological polar surface area (TPSA) is 40.5 Å². The third-order valence-electron chi connectivity index (χ3n) is 3.64. The highest BCUT2D eigenvalue weighted by Gasteiger charge is 2.33. The van der Waals surface area contributed by atoms with Gasteiger partial charge in [0.25, 0.3) is 0 Å². The van der Waals surface area contributed by atoms with Gasteiger partial charge in [-0.3, -0.25) is 9.69 Å². The maximum absolute atomic E-state index is 11.3. The summed E-state index contributed by atoms with van der Waals surface area (Å²) < 4.78 is 1.11. The van der Waals surface area contributed by atoms with Gasteiger partial charge >= 0.3 is 5.97 Å². The van der Waals surface area contributed by atoms with Gasteiger partial charge in [-0.05, 0) is 41.9 Å². The first-order valence-corrected chi connectivity index (χ1v) is 7.91. The Morgan fingerprint density at radius 1 is 1.56 bits per heavy atom. The lowest BCUT2D eigenvalue weighted by molar-refractivity contribution is -0.145. The molecule has 1 fully saturated rings. The molecule has 1 aliphatic carbocycles. The van der Waals surface area contributed by atoms with Crippen LogP contribution in [0.1, 0.15) is 30.6 Å². The van der Waals surface area contributed by atoms with E-state index in [2.05, 4.69) is 32.3 Å². The van der Waals surface area contributed by atoms with Crippen LogP contribution in [0.4, 0.5) is 0 Å². The molecule has 5 heteroatoms. The minimum atomic E-state index is -0.640. The molecule has 18 heavy (non-hydrogen) atoms. The Morgan fingerprint density at radius 2 is 2.28 bits per heavy atom. The van der Waals surface area contributed by atoms with Gasteiger partial charge in [-0.2, -0.15) is 0 Å². The number of halogens is 1. The van der Waals surface area contributed by atoms with Crippen LogP contribution in [0, 0.1) is 5.92 Å². The second-order valence-electron chi connectivity index (χ2n) is 4.94. The van der Waals surface area contributed by atoms with Gasteiger partial charge in [0.1, 0.15) is 0 Å². The van der Waals surface area contributed by atoms with E-state index in [0.29, 0.717) is 0 Å². The average molecular weight is 332 g/mol. The summed E-state index contributed by atoms with van der Waals surface area (Å²) in [4.78, 5) is 14.8. The molecule has 2 atom stereocenters. The number of rotatable bonds is 4. The van der Waals surface area contributed by atoms with E-state index < -0.39 is 5.97 Å². The molecular formula is C13H18BrNO2S. The Balaban J connectivity index is 2.01. The highest BCUT2D eigenvalue weighted by molar-refractivity contribution is 9.10. The lowest BCUT2D eigenvalue weighted by atomic mass is 9.83. The number of carboxylic acids is 1. The summed E-state index contributed by atoms with van der Waals surface area (Å²) in [7, 11) is 2.04. The number of nitrogens with zero attached hydrogens (tertiary/aromatic N) is 1. The molecule has 1 aromatic heterocycles. The number of hydrogen-bond acceptors (Lipinski definition) is 3. The van der Waals surface area contributed by atoms with E-state index in [1.54, 1.807) is 11.3 Å². The molecule has 0 aromatic carbocycles. The first-order valence-electron chi connectivity index (χ1n) is 6.24. The normalized spacial score (nSPS) is 24.4. The van der Waals surface area contributed by atoms with Crippen molar-refractivity contribution < 1.29 is 9.90 Å². The molecule has 0 aliphatic heterocycles. The molecule has 2 rings (SSSR count). The van der Waals surface area contributed by atoms with Crippen LogP contribution in [0.25, 0.3) is 0 Å². The summed E-state index contributed by atoms with van der Waals surface area (Å²) >= 11 is 5.17. The van der Waals surface area contributed by atoms with E-state index in [4.69, 9.17) is 0 Å². The van der Waals surface area contributed by atoms with Crippen LogP contribution in [-0.4, -0.2) is 29.1 Å². The van der Waals surface area contributed by atoms with E-state index in [1.807, 2.05) is 7.05 Å². The minimum Gasteiger partial charge on any atom is -0.481 e. The van der Waals surface area contributed by atoms with Gasteiger partial charge in [0, 0.05) is 27.3 Å². The summed E-state index contributed by atoms with van der Waals surface area (Å²) in [5.74, 6) is -0.842. The molecular weight excluding hydrogens is 314 g/mol. The molecule has 2 unspecified atom stereocenters. The zero-order chi connectivity index (χ0) is 13.1. The molecule has 1 heterocycles. The number of aliphatic carboxylic acids is 1. The predicted molar refractivity (Wildman–Crippen MR) is 76.9 cm³/mol.